The van der Waals surface area contributed by atoms with Crippen molar-refractivity contribution in [2.75, 3.05) is 13.1 Å². The van der Waals surface area contributed by atoms with Crippen LogP contribution in [0.5, 0.6) is 0 Å². The van der Waals surface area contributed by atoms with Gasteiger partial charge in [-0.2, -0.15) is 0 Å². The minimum absolute atomic E-state index is 0.112. The van der Waals surface area contributed by atoms with E-state index >= 15 is 0 Å². The number of carbonyl (C=O) groups excluding carboxylic acids is 1. The highest BCUT2D eigenvalue weighted by Gasteiger charge is 2.41. The van der Waals surface area contributed by atoms with E-state index in [-0.39, 0.29) is 5.91 Å². The first-order valence-corrected chi connectivity index (χ1v) is 6.53. The van der Waals surface area contributed by atoms with Crippen LogP contribution in [0.3, 0.4) is 0 Å². The molecule has 0 aliphatic heterocycles. The molecule has 1 amide bonds. The molecule has 3 heteroatoms. The third kappa shape index (κ3) is 2.76. The van der Waals surface area contributed by atoms with Crippen molar-refractivity contribution in [3.05, 3.63) is 0 Å². The highest BCUT2D eigenvalue weighted by Crippen LogP contribution is 2.48. The van der Waals surface area contributed by atoms with E-state index in [1.54, 1.807) is 0 Å². The first-order chi connectivity index (χ1) is 7.54. The molecule has 0 bridgehead atoms. The van der Waals surface area contributed by atoms with Gasteiger partial charge in [0.2, 0.25) is 5.91 Å². The van der Waals surface area contributed by atoms with E-state index in [1.165, 1.54) is 25.7 Å². The number of carbonyl (C=O) groups is 1. The van der Waals surface area contributed by atoms with Crippen LogP contribution in [-0.4, -0.2) is 19.0 Å². The second-order valence-electron chi connectivity index (χ2n) is 6.14. The summed E-state index contributed by atoms with van der Waals surface area (Å²) in [5, 5.41) is 3.10. The van der Waals surface area contributed by atoms with Crippen LogP contribution in [0.25, 0.3) is 0 Å². The van der Waals surface area contributed by atoms with E-state index in [4.69, 9.17) is 5.73 Å². The van der Waals surface area contributed by atoms with Crippen molar-refractivity contribution in [3.8, 4) is 0 Å². The first kappa shape index (κ1) is 11.9. The van der Waals surface area contributed by atoms with Gasteiger partial charge in [0, 0.05) is 13.1 Å². The second-order valence-corrected chi connectivity index (χ2v) is 6.14. The van der Waals surface area contributed by atoms with Crippen LogP contribution >= 0.6 is 0 Å². The predicted molar refractivity (Wildman–Crippen MR) is 64.8 cm³/mol. The maximum atomic E-state index is 11.9. The Balaban J connectivity index is 1.78. The second kappa shape index (κ2) is 4.36. The lowest BCUT2D eigenvalue weighted by molar-refractivity contribution is -0.129. The maximum Gasteiger partial charge on any atom is 0.226 e. The van der Waals surface area contributed by atoms with Gasteiger partial charge >= 0.3 is 0 Å². The van der Waals surface area contributed by atoms with Crippen molar-refractivity contribution in [3.63, 3.8) is 0 Å². The van der Waals surface area contributed by atoms with Gasteiger partial charge in [0.05, 0.1) is 5.41 Å². The van der Waals surface area contributed by atoms with Crippen LogP contribution in [0, 0.1) is 23.2 Å². The van der Waals surface area contributed by atoms with E-state index in [2.05, 4.69) is 5.32 Å². The molecule has 3 N–H and O–H groups in total. The average Bonchev–Trinajstić information content (AvgIpc) is 3.10. The van der Waals surface area contributed by atoms with E-state index in [9.17, 15) is 4.79 Å². The number of hydrogen-bond donors (Lipinski definition) is 2. The van der Waals surface area contributed by atoms with Gasteiger partial charge in [-0.3, -0.25) is 4.79 Å². The number of hydrogen-bond acceptors (Lipinski definition) is 2. The van der Waals surface area contributed by atoms with Crippen molar-refractivity contribution < 1.29 is 4.79 Å². The first-order valence-electron chi connectivity index (χ1n) is 6.53. The Hall–Kier alpha value is -0.570. The van der Waals surface area contributed by atoms with E-state index in [0.29, 0.717) is 6.54 Å². The fourth-order valence-electron chi connectivity index (χ4n) is 2.31. The molecule has 0 spiro atoms. The summed E-state index contributed by atoms with van der Waals surface area (Å²) >= 11 is 0. The molecule has 2 aliphatic carbocycles. The lowest BCUT2D eigenvalue weighted by atomic mass is 9.91. The molecule has 92 valence electrons. The summed E-state index contributed by atoms with van der Waals surface area (Å²) in [6.45, 7) is 5.10. The zero-order valence-corrected chi connectivity index (χ0v) is 10.5. The monoisotopic (exact) mass is 224 g/mol. The molecule has 16 heavy (non-hydrogen) atoms. The van der Waals surface area contributed by atoms with Crippen LogP contribution in [0.15, 0.2) is 0 Å². The van der Waals surface area contributed by atoms with Gasteiger partial charge in [-0.25, -0.2) is 0 Å². The molecule has 2 rings (SSSR count). The van der Waals surface area contributed by atoms with Crippen LogP contribution in [0.2, 0.25) is 0 Å². The third-order valence-corrected chi connectivity index (χ3v) is 4.08. The smallest absolute Gasteiger partial charge is 0.226 e. The quantitative estimate of drug-likeness (QED) is 0.719. The molecule has 2 aliphatic rings. The molecule has 0 saturated heterocycles. The zero-order valence-electron chi connectivity index (χ0n) is 10.5. The van der Waals surface area contributed by atoms with Crippen LogP contribution < -0.4 is 11.1 Å². The number of nitrogens with two attached hydrogens (primary N) is 1. The van der Waals surface area contributed by atoms with Gasteiger partial charge in [0.1, 0.15) is 0 Å². The predicted octanol–water partition coefficient (Wildman–Crippen LogP) is 1.52. The summed E-state index contributed by atoms with van der Waals surface area (Å²) in [5.41, 5.74) is 5.18. The minimum Gasteiger partial charge on any atom is -0.355 e. The molecule has 0 aromatic heterocycles. The van der Waals surface area contributed by atoms with Gasteiger partial charge in [-0.1, -0.05) is 0 Å². The summed E-state index contributed by atoms with van der Waals surface area (Å²) in [7, 11) is 0. The Morgan fingerprint density at radius 3 is 2.19 bits per heavy atom. The largest absolute Gasteiger partial charge is 0.355 e. The molecule has 0 atom stereocenters. The molecule has 0 radical (unpaired) electrons. The highest BCUT2D eigenvalue weighted by molar-refractivity contribution is 5.82. The van der Waals surface area contributed by atoms with Crippen molar-refractivity contribution >= 4 is 5.91 Å². The molecule has 2 saturated carbocycles. The molecule has 0 aromatic carbocycles. The van der Waals surface area contributed by atoms with Gasteiger partial charge < -0.3 is 11.1 Å². The average molecular weight is 224 g/mol. The standard InChI is InChI=1S/C13H24N2O/c1-13(2,8-14)12(16)15-7-11(9-3-4-9)10-5-6-10/h9-11H,3-8,14H2,1-2H3,(H,15,16). The lowest BCUT2D eigenvalue weighted by Gasteiger charge is -2.24. The molecule has 0 unspecified atom stereocenters. The SMILES string of the molecule is CC(C)(CN)C(=O)NCC(C1CC1)C1CC1. The van der Waals surface area contributed by atoms with Crippen molar-refractivity contribution in [1.29, 1.82) is 0 Å². The molecular formula is C13H24N2O. The van der Waals surface area contributed by atoms with Gasteiger partial charge in [-0.05, 0) is 57.3 Å². The van der Waals surface area contributed by atoms with Crippen molar-refractivity contribution in [1.82, 2.24) is 5.32 Å². The zero-order chi connectivity index (χ0) is 11.8. The van der Waals surface area contributed by atoms with E-state index in [0.717, 1.165) is 24.3 Å². The highest BCUT2D eigenvalue weighted by atomic mass is 16.2. The molecular weight excluding hydrogens is 200 g/mol. The van der Waals surface area contributed by atoms with Gasteiger partial charge in [-0.15, -0.1) is 0 Å². The molecule has 3 nitrogen and oxygen atoms in total. The van der Waals surface area contributed by atoms with Crippen LogP contribution in [0.1, 0.15) is 39.5 Å². The van der Waals surface area contributed by atoms with E-state index in [1.807, 2.05) is 13.8 Å². The minimum atomic E-state index is -0.419. The van der Waals surface area contributed by atoms with Gasteiger partial charge in [0.15, 0.2) is 0 Å². The Bertz CT molecular complexity index is 255. The summed E-state index contributed by atoms with van der Waals surface area (Å²) in [6.07, 6.45) is 5.49. The Morgan fingerprint density at radius 1 is 1.31 bits per heavy atom. The normalized spacial score (nSPS) is 21.2. The number of nitrogens with one attached hydrogen (secondary N) is 1. The molecule has 0 aromatic rings. The van der Waals surface area contributed by atoms with E-state index < -0.39 is 5.41 Å². The summed E-state index contributed by atoms with van der Waals surface area (Å²) in [5.74, 6) is 2.65. The molecule has 2 fully saturated rings. The van der Waals surface area contributed by atoms with Crippen molar-refractivity contribution in [2.45, 2.75) is 39.5 Å². The summed E-state index contributed by atoms with van der Waals surface area (Å²) in [4.78, 5) is 11.9. The molecule has 0 heterocycles. The fourth-order valence-corrected chi connectivity index (χ4v) is 2.31. The Kier molecular flexibility index (Phi) is 3.24. The maximum absolute atomic E-state index is 11.9. The summed E-state index contributed by atoms with van der Waals surface area (Å²) in [6, 6.07) is 0. The third-order valence-electron chi connectivity index (χ3n) is 4.08. The van der Waals surface area contributed by atoms with Gasteiger partial charge in [0.25, 0.3) is 0 Å². The van der Waals surface area contributed by atoms with Crippen LogP contribution in [-0.2, 0) is 4.79 Å². The van der Waals surface area contributed by atoms with Crippen molar-refractivity contribution in [2.24, 2.45) is 28.9 Å². The Labute approximate surface area is 98.2 Å². The van der Waals surface area contributed by atoms with Crippen LogP contribution in [0.4, 0.5) is 0 Å². The summed E-state index contributed by atoms with van der Waals surface area (Å²) < 4.78 is 0. The number of rotatable bonds is 6. The number of amides is 1. The fraction of sp³-hybridized carbons (Fsp3) is 0.923. The lowest BCUT2D eigenvalue weighted by Crippen LogP contribution is -2.43. The Morgan fingerprint density at radius 2 is 1.81 bits per heavy atom. The topological polar surface area (TPSA) is 55.1 Å².